The molecule has 0 fully saturated rings. The Morgan fingerprint density at radius 3 is 0.636 bits per heavy atom. The zero-order valence-corrected chi connectivity index (χ0v) is 72.2. The van der Waals surface area contributed by atoms with Crippen LogP contribution in [-0.4, -0.2) is 96.7 Å². The monoisotopic (exact) mass is 1560 g/mol. The Morgan fingerprint density at radius 2 is 0.430 bits per heavy atom. The largest absolute Gasteiger partial charge is 0.472 e. The average Bonchev–Trinajstić information content (AvgIpc) is 0.904. The number of phosphoric ester groups is 2. The molecule has 0 aliphatic heterocycles. The molecule has 0 spiro atoms. The number of phosphoric acid groups is 2. The molecule has 0 aliphatic carbocycles. The Bertz CT molecular complexity index is 2050. The highest BCUT2D eigenvalue weighted by molar-refractivity contribution is 7.47. The summed E-state index contributed by atoms with van der Waals surface area (Å²) >= 11 is 0. The molecule has 0 heterocycles. The summed E-state index contributed by atoms with van der Waals surface area (Å²) < 4.78 is 68.9. The van der Waals surface area contributed by atoms with E-state index in [1.165, 1.54) is 289 Å². The lowest BCUT2D eigenvalue weighted by molar-refractivity contribution is -0.161. The van der Waals surface area contributed by atoms with Gasteiger partial charge in [-0.3, -0.25) is 37.3 Å². The molecule has 0 aliphatic rings. The van der Waals surface area contributed by atoms with Crippen LogP contribution in [0.4, 0.5) is 0 Å². The zero-order chi connectivity index (χ0) is 78.5. The summed E-state index contributed by atoms with van der Waals surface area (Å²) in [5.41, 5.74) is 0. The third-order valence-electron chi connectivity index (χ3n) is 20.7. The molecule has 107 heavy (non-hydrogen) atoms. The summed E-state index contributed by atoms with van der Waals surface area (Å²) in [6.07, 6.45) is 72.5. The number of esters is 4. The number of carbonyl (C=O) groups excluding carboxylic acids is 4. The van der Waals surface area contributed by atoms with Crippen molar-refractivity contribution in [3.8, 4) is 0 Å². The zero-order valence-electron chi connectivity index (χ0n) is 70.5. The smallest absolute Gasteiger partial charge is 0.462 e. The average molecular weight is 1560 g/mol. The van der Waals surface area contributed by atoms with Crippen LogP contribution < -0.4 is 0 Å². The Morgan fingerprint density at radius 1 is 0.252 bits per heavy atom. The number of aliphatic hydroxyl groups excluding tert-OH is 1. The molecule has 0 aromatic rings. The first-order valence-electron chi connectivity index (χ1n) is 45.5. The molecule has 0 aromatic heterocycles. The van der Waals surface area contributed by atoms with E-state index in [0.717, 1.165) is 102 Å². The molecule has 0 saturated heterocycles. The number of ether oxygens (including phenoxy) is 4. The van der Waals surface area contributed by atoms with Crippen molar-refractivity contribution in [3.05, 3.63) is 0 Å². The van der Waals surface area contributed by atoms with Crippen LogP contribution in [0.1, 0.15) is 472 Å². The summed E-state index contributed by atoms with van der Waals surface area (Å²) in [7, 11) is -9.93. The lowest BCUT2D eigenvalue weighted by Gasteiger charge is -2.21. The van der Waals surface area contributed by atoms with E-state index in [1.807, 2.05) is 0 Å². The Kier molecular flexibility index (Phi) is 77.9. The van der Waals surface area contributed by atoms with Gasteiger partial charge in [0.2, 0.25) is 0 Å². The topological polar surface area (TPSA) is 237 Å². The normalized spacial score (nSPS) is 13.8. The van der Waals surface area contributed by atoms with Gasteiger partial charge in [0.05, 0.1) is 26.4 Å². The van der Waals surface area contributed by atoms with E-state index in [9.17, 15) is 43.2 Å². The van der Waals surface area contributed by atoms with Crippen molar-refractivity contribution in [2.75, 3.05) is 39.6 Å². The fraction of sp³-hybridized carbons (Fsp3) is 0.955. The maximum atomic E-state index is 13.2. The molecule has 2 unspecified atom stereocenters. The van der Waals surface area contributed by atoms with Gasteiger partial charge in [0.15, 0.2) is 12.2 Å². The first-order valence-corrected chi connectivity index (χ1v) is 48.5. The molecule has 17 nitrogen and oxygen atoms in total. The van der Waals surface area contributed by atoms with Crippen LogP contribution in [0.2, 0.25) is 0 Å². The van der Waals surface area contributed by atoms with Crippen LogP contribution >= 0.6 is 15.6 Å². The SMILES string of the molecule is CCCCCCCCCCCCCCCCCCCCCCCCC(=O)O[C@H](COC(=O)CCCCCCCCCCCCCCCCCCCCCCC)COP(=O)(O)OC[C@@H](O)COP(=O)(O)OC[C@@H](COC(=O)CCCCCCCCCCCC(C)C)OC(=O)CCCCCCCCCCCC(C)C. The molecule has 19 heteroatoms. The maximum absolute atomic E-state index is 13.2. The molecule has 0 rings (SSSR count). The second-order valence-corrected chi connectivity index (χ2v) is 35.5. The second kappa shape index (κ2) is 79.3. The molecule has 5 atom stereocenters. The highest BCUT2D eigenvalue weighted by Crippen LogP contribution is 2.45. The second-order valence-electron chi connectivity index (χ2n) is 32.6. The fourth-order valence-corrected chi connectivity index (χ4v) is 15.4. The highest BCUT2D eigenvalue weighted by Gasteiger charge is 2.30. The fourth-order valence-electron chi connectivity index (χ4n) is 13.8. The van der Waals surface area contributed by atoms with Gasteiger partial charge in [-0.1, -0.05) is 420 Å². The molecule has 636 valence electrons. The summed E-state index contributed by atoms with van der Waals surface area (Å²) in [5.74, 6) is -0.623. The Labute approximate surface area is 658 Å². The van der Waals surface area contributed by atoms with E-state index < -0.39 is 97.5 Å². The van der Waals surface area contributed by atoms with E-state index in [0.29, 0.717) is 25.7 Å². The van der Waals surface area contributed by atoms with Gasteiger partial charge in [-0.2, -0.15) is 0 Å². The molecular formula is C88H172O17P2. The standard InChI is InChI=1S/C88H172O17P2/c1-7-9-11-13-15-17-19-21-23-25-27-29-31-33-35-37-39-41-47-54-60-66-72-87(92)104-83(76-98-85(90)70-64-58-52-46-40-38-36-34-32-30-28-26-24-22-20-18-16-14-12-10-8-2)78-102-106(94,95)100-74-82(89)75-101-107(96,97)103-79-84(105-88(93)73-67-61-55-49-43-45-51-57-63-69-81(5)6)77-99-86(91)71-65-59-53-48-42-44-50-56-62-68-80(3)4/h80-84,89H,7-79H2,1-6H3,(H,94,95)(H,96,97)/t82-,83-,84-/m1/s1. The van der Waals surface area contributed by atoms with Crippen molar-refractivity contribution in [1.82, 2.24) is 0 Å². The van der Waals surface area contributed by atoms with Crippen molar-refractivity contribution in [2.24, 2.45) is 11.8 Å². The number of hydrogen-bond donors (Lipinski definition) is 3. The predicted octanol–water partition coefficient (Wildman–Crippen LogP) is 27.0. The lowest BCUT2D eigenvalue weighted by Crippen LogP contribution is -2.30. The van der Waals surface area contributed by atoms with Crippen molar-refractivity contribution in [1.29, 1.82) is 0 Å². The van der Waals surface area contributed by atoms with Gasteiger partial charge in [0, 0.05) is 25.7 Å². The van der Waals surface area contributed by atoms with Crippen LogP contribution in [0.15, 0.2) is 0 Å². The molecule has 0 bridgehead atoms. The van der Waals surface area contributed by atoms with Crippen molar-refractivity contribution in [3.63, 3.8) is 0 Å². The van der Waals surface area contributed by atoms with Gasteiger partial charge < -0.3 is 33.8 Å². The van der Waals surface area contributed by atoms with E-state index in [-0.39, 0.29) is 25.7 Å². The van der Waals surface area contributed by atoms with Crippen molar-refractivity contribution in [2.45, 2.75) is 490 Å². The first kappa shape index (κ1) is 105. The quantitative estimate of drug-likeness (QED) is 0.0222. The molecule has 0 amide bonds. The summed E-state index contributed by atoms with van der Waals surface area (Å²) in [6.45, 7) is 9.63. The minimum atomic E-state index is -4.97. The van der Waals surface area contributed by atoms with E-state index in [1.54, 1.807) is 0 Å². The number of unbranched alkanes of at least 4 members (excludes halogenated alkanes) is 57. The van der Waals surface area contributed by atoms with Crippen molar-refractivity contribution < 1.29 is 80.2 Å². The number of hydrogen-bond acceptors (Lipinski definition) is 15. The number of carbonyl (C=O) groups is 4. The number of rotatable bonds is 87. The maximum Gasteiger partial charge on any atom is 0.472 e. The first-order chi connectivity index (χ1) is 51.9. The molecule has 0 saturated carbocycles. The summed E-state index contributed by atoms with van der Waals surface area (Å²) in [6, 6.07) is 0. The highest BCUT2D eigenvalue weighted by atomic mass is 31.2. The lowest BCUT2D eigenvalue weighted by atomic mass is 10.0. The van der Waals surface area contributed by atoms with Gasteiger partial charge in [0.1, 0.15) is 19.3 Å². The van der Waals surface area contributed by atoms with Gasteiger partial charge in [0.25, 0.3) is 0 Å². The number of aliphatic hydroxyl groups is 1. The van der Waals surface area contributed by atoms with Gasteiger partial charge in [-0.05, 0) is 37.5 Å². The third-order valence-corrected chi connectivity index (χ3v) is 22.6. The molecule has 3 N–H and O–H groups in total. The predicted molar refractivity (Wildman–Crippen MR) is 442 cm³/mol. The Balaban J connectivity index is 5.21. The van der Waals surface area contributed by atoms with Gasteiger partial charge >= 0.3 is 39.5 Å². The van der Waals surface area contributed by atoms with E-state index >= 15 is 0 Å². The molecule has 0 aromatic carbocycles. The van der Waals surface area contributed by atoms with Crippen LogP contribution in [0.3, 0.4) is 0 Å². The Hall–Kier alpha value is -1.94. The van der Waals surface area contributed by atoms with Crippen LogP contribution in [0.5, 0.6) is 0 Å². The van der Waals surface area contributed by atoms with Gasteiger partial charge in [-0.15, -0.1) is 0 Å². The van der Waals surface area contributed by atoms with Crippen LogP contribution in [-0.2, 0) is 65.4 Å². The van der Waals surface area contributed by atoms with Gasteiger partial charge in [-0.25, -0.2) is 9.13 Å². The summed E-state index contributed by atoms with van der Waals surface area (Å²) in [5, 5.41) is 10.7. The molecular weight excluding hydrogens is 1390 g/mol. The van der Waals surface area contributed by atoms with Crippen molar-refractivity contribution >= 4 is 39.5 Å². The minimum Gasteiger partial charge on any atom is -0.462 e. The summed E-state index contributed by atoms with van der Waals surface area (Å²) in [4.78, 5) is 73.3. The minimum absolute atomic E-state index is 0.105. The van der Waals surface area contributed by atoms with E-state index in [2.05, 4.69) is 41.5 Å². The molecule has 0 radical (unpaired) electrons. The van der Waals surface area contributed by atoms with Crippen LogP contribution in [0, 0.1) is 11.8 Å². The van der Waals surface area contributed by atoms with Crippen LogP contribution in [0.25, 0.3) is 0 Å². The third kappa shape index (κ3) is 81.9. The van der Waals surface area contributed by atoms with E-state index in [4.69, 9.17) is 37.0 Å².